The van der Waals surface area contributed by atoms with Crippen molar-refractivity contribution in [3.8, 4) is 11.5 Å². The molecule has 1 aliphatic heterocycles. The minimum absolute atomic E-state index is 0. The summed E-state index contributed by atoms with van der Waals surface area (Å²) >= 11 is 0. The Labute approximate surface area is 195 Å². The Morgan fingerprint density at radius 1 is 1.15 bits per heavy atom. The summed E-state index contributed by atoms with van der Waals surface area (Å²) in [6.07, 6.45) is 0.756. The van der Waals surface area contributed by atoms with Crippen LogP contribution >= 0.6 is 0 Å². The van der Waals surface area contributed by atoms with E-state index in [9.17, 15) is 15.0 Å². The maximum Gasteiger partial charge on any atom is 0.235 e. The molecular formula is C26H34N2O5. The predicted octanol–water partition coefficient (Wildman–Crippen LogP) is 4.18. The monoisotopic (exact) mass is 454 g/mol. The van der Waals surface area contributed by atoms with E-state index in [0.717, 1.165) is 40.7 Å². The number of aliphatic hydroxyl groups is 2. The third-order valence-electron chi connectivity index (χ3n) is 6.64. The second-order valence-corrected chi connectivity index (χ2v) is 10.1. The Hall–Kier alpha value is -3.03. The maximum absolute atomic E-state index is 13.3. The molecule has 1 amide bonds. The van der Waals surface area contributed by atoms with Crippen molar-refractivity contribution in [1.29, 1.82) is 0 Å². The van der Waals surface area contributed by atoms with Crippen LogP contribution in [-0.4, -0.2) is 40.2 Å². The summed E-state index contributed by atoms with van der Waals surface area (Å²) in [5, 5.41) is 23.5. The van der Waals surface area contributed by atoms with Crippen LogP contribution in [0.4, 0.5) is 5.69 Å². The normalized spacial score (nSPS) is 17.2. The first kappa shape index (κ1) is 21.8. The van der Waals surface area contributed by atoms with Crippen molar-refractivity contribution in [3.05, 3.63) is 53.7 Å². The number of ether oxygens (including phenoxy) is 2. The summed E-state index contributed by atoms with van der Waals surface area (Å²) in [6, 6.07) is 13.7. The van der Waals surface area contributed by atoms with Crippen molar-refractivity contribution in [2.24, 2.45) is 0 Å². The Morgan fingerprint density at radius 3 is 2.61 bits per heavy atom. The highest BCUT2D eigenvalue weighted by Gasteiger charge is 2.51. The molecule has 1 saturated carbocycles. The smallest absolute Gasteiger partial charge is 0.235 e. The van der Waals surface area contributed by atoms with Gasteiger partial charge in [-0.1, -0.05) is 26.8 Å². The van der Waals surface area contributed by atoms with Gasteiger partial charge in [-0.3, -0.25) is 4.79 Å². The highest BCUT2D eigenvalue weighted by atomic mass is 16.7. The molecule has 0 saturated heterocycles. The molecule has 1 fully saturated rings. The summed E-state index contributed by atoms with van der Waals surface area (Å²) in [5.74, 6) is 1.38. The summed E-state index contributed by atoms with van der Waals surface area (Å²) in [6.45, 7) is 6.59. The van der Waals surface area contributed by atoms with Gasteiger partial charge in [0.25, 0.3) is 0 Å². The van der Waals surface area contributed by atoms with Gasteiger partial charge in [0.1, 0.15) is 0 Å². The highest BCUT2D eigenvalue weighted by Crippen LogP contribution is 2.51. The molecule has 5 rings (SSSR count). The van der Waals surface area contributed by atoms with Gasteiger partial charge in [-0.15, -0.1) is 0 Å². The quantitative estimate of drug-likeness (QED) is 0.520. The third kappa shape index (κ3) is 3.85. The van der Waals surface area contributed by atoms with Gasteiger partial charge < -0.3 is 29.6 Å². The number of aliphatic hydroxyl groups excluding tert-OH is 2. The average molecular weight is 455 g/mol. The molecule has 0 bridgehead atoms. The minimum atomic E-state index is -0.836. The number of hydrogen-bond donors (Lipinski definition) is 3. The molecule has 2 heterocycles. The maximum atomic E-state index is 13.3. The first-order valence-corrected chi connectivity index (χ1v) is 11.4. The molecular weight excluding hydrogens is 420 g/mol. The van der Waals surface area contributed by atoms with Crippen LogP contribution in [0.1, 0.15) is 47.7 Å². The van der Waals surface area contributed by atoms with Crippen molar-refractivity contribution in [2.75, 3.05) is 18.7 Å². The molecule has 1 unspecified atom stereocenters. The van der Waals surface area contributed by atoms with E-state index in [1.807, 2.05) is 36.4 Å². The van der Waals surface area contributed by atoms with Crippen LogP contribution in [0.3, 0.4) is 0 Å². The van der Waals surface area contributed by atoms with E-state index in [1.165, 1.54) is 0 Å². The number of amides is 1. The van der Waals surface area contributed by atoms with Gasteiger partial charge in [-0.2, -0.15) is 0 Å². The number of carbonyl (C=O) groups is 1. The largest absolute Gasteiger partial charge is 0.454 e. The van der Waals surface area contributed by atoms with Crippen molar-refractivity contribution >= 4 is 22.5 Å². The van der Waals surface area contributed by atoms with E-state index >= 15 is 0 Å². The second-order valence-electron chi connectivity index (χ2n) is 10.1. The van der Waals surface area contributed by atoms with Gasteiger partial charge in [0.05, 0.1) is 24.7 Å². The van der Waals surface area contributed by atoms with Gasteiger partial charge in [-0.05, 0) is 54.8 Å². The molecule has 0 spiro atoms. The van der Waals surface area contributed by atoms with Crippen molar-refractivity contribution in [3.63, 3.8) is 0 Å². The molecule has 1 aliphatic carbocycles. The fraction of sp³-hybridized carbons (Fsp3) is 0.423. The Bertz CT molecular complexity index is 1230. The number of fused-ring (bicyclic) bond motifs is 2. The summed E-state index contributed by atoms with van der Waals surface area (Å²) < 4.78 is 12.9. The molecule has 33 heavy (non-hydrogen) atoms. The van der Waals surface area contributed by atoms with Crippen LogP contribution in [0, 0.1) is 0 Å². The topological polar surface area (TPSA) is 93.0 Å². The molecule has 2 aliphatic rings. The minimum Gasteiger partial charge on any atom is -0.454 e. The van der Waals surface area contributed by atoms with Gasteiger partial charge in [0.15, 0.2) is 11.5 Å². The third-order valence-corrected chi connectivity index (χ3v) is 6.64. The molecule has 3 N–H and O–H groups in total. The highest BCUT2D eigenvalue weighted by molar-refractivity contribution is 6.02. The van der Waals surface area contributed by atoms with E-state index in [4.69, 9.17) is 9.47 Å². The van der Waals surface area contributed by atoms with E-state index in [-0.39, 0.29) is 27.6 Å². The Balaban J connectivity index is 0.00000171. The SMILES string of the molecule is CC(C)(C)c1cc2cc(NC(=O)C3(c4ccc5c(c4)OCO5)CC3)ccc2n1CC(O)CO.[HH].[HH]. The lowest BCUT2D eigenvalue weighted by atomic mass is 9.92. The zero-order valence-corrected chi connectivity index (χ0v) is 19.2. The van der Waals surface area contributed by atoms with Crippen LogP contribution in [0.15, 0.2) is 42.5 Å². The average Bonchev–Trinajstić information content (AvgIpc) is 3.32. The van der Waals surface area contributed by atoms with Gasteiger partial charge in [0.2, 0.25) is 12.7 Å². The van der Waals surface area contributed by atoms with Crippen molar-refractivity contribution in [2.45, 2.75) is 57.1 Å². The standard InChI is InChI=1S/C26H30N2O5.2H2/c1-25(2,3)23-11-16-10-18(5-6-20(16)28(23)13-19(30)14-29)27-24(31)26(8-9-26)17-4-7-21-22(12-17)33-15-32-21;;/h4-7,10-12,19,29-30H,8-9,13-15H2,1-3H3,(H,27,31);2*1H. The first-order valence-electron chi connectivity index (χ1n) is 11.4. The Morgan fingerprint density at radius 2 is 1.91 bits per heavy atom. The summed E-state index contributed by atoms with van der Waals surface area (Å²) in [7, 11) is 0. The van der Waals surface area contributed by atoms with Crippen LogP contribution < -0.4 is 14.8 Å². The zero-order chi connectivity index (χ0) is 23.4. The van der Waals surface area contributed by atoms with Crippen LogP contribution in [-0.2, 0) is 22.2 Å². The number of rotatable bonds is 6. The van der Waals surface area contributed by atoms with Crippen LogP contribution in [0.2, 0.25) is 0 Å². The van der Waals surface area contributed by atoms with E-state index in [0.29, 0.717) is 18.0 Å². The van der Waals surface area contributed by atoms with E-state index in [2.05, 4.69) is 36.7 Å². The first-order chi connectivity index (χ1) is 15.7. The van der Waals surface area contributed by atoms with Gasteiger partial charge >= 0.3 is 0 Å². The van der Waals surface area contributed by atoms with Crippen LogP contribution in [0.5, 0.6) is 11.5 Å². The lowest BCUT2D eigenvalue weighted by Crippen LogP contribution is -2.27. The molecule has 2 aromatic carbocycles. The molecule has 7 nitrogen and oxygen atoms in total. The second kappa shape index (κ2) is 7.78. The molecule has 0 radical (unpaired) electrons. The lowest BCUT2D eigenvalue weighted by Gasteiger charge is -2.23. The molecule has 3 aromatic rings. The van der Waals surface area contributed by atoms with Crippen molar-refractivity contribution < 1.29 is 27.3 Å². The van der Waals surface area contributed by atoms with Crippen LogP contribution in [0.25, 0.3) is 10.9 Å². The van der Waals surface area contributed by atoms with E-state index in [1.54, 1.807) is 0 Å². The molecule has 1 atom stereocenters. The van der Waals surface area contributed by atoms with Gasteiger partial charge in [0, 0.05) is 30.6 Å². The number of hydrogen-bond acceptors (Lipinski definition) is 5. The van der Waals surface area contributed by atoms with Gasteiger partial charge in [-0.25, -0.2) is 0 Å². The van der Waals surface area contributed by atoms with Crippen molar-refractivity contribution in [1.82, 2.24) is 4.57 Å². The summed E-state index contributed by atoms with van der Waals surface area (Å²) in [4.78, 5) is 13.3. The lowest BCUT2D eigenvalue weighted by molar-refractivity contribution is -0.118. The Kier molecular flexibility index (Phi) is 5.14. The number of aromatic nitrogens is 1. The summed E-state index contributed by atoms with van der Waals surface area (Å²) in [5.41, 5.74) is 3.03. The molecule has 1 aromatic heterocycles. The number of anilines is 1. The zero-order valence-electron chi connectivity index (χ0n) is 19.2. The fourth-order valence-corrected chi connectivity index (χ4v) is 4.65. The number of nitrogens with zero attached hydrogens (tertiary/aromatic N) is 1. The fourth-order valence-electron chi connectivity index (χ4n) is 4.65. The molecule has 178 valence electrons. The number of benzene rings is 2. The number of nitrogens with one attached hydrogen (secondary N) is 1. The predicted molar refractivity (Wildman–Crippen MR) is 130 cm³/mol. The number of carbonyl (C=O) groups excluding carboxylic acids is 1. The molecule has 7 heteroatoms. The van der Waals surface area contributed by atoms with E-state index < -0.39 is 11.5 Å².